The molecule has 0 saturated carbocycles. The van der Waals surface area contributed by atoms with Crippen LogP contribution < -0.4 is 19.0 Å². The summed E-state index contributed by atoms with van der Waals surface area (Å²) >= 11 is 7.71. The summed E-state index contributed by atoms with van der Waals surface area (Å²) in [5.41, 5.74) is 2.89. The average Bonchev–Trinajstić information content (AvgIpc) is 3.21. The van der Waals surface area contributed by atoms with Gasteiger partial charge in [0.15, 0.2) is 11.5 Å². The Kier molecular flexibility index (Phi) is 5.83. The Morgan fingerprint density at radius 2 is 1.73 bits per heavy atom. The maximum absolute atomic E-state index is 6.15. The van der Waals surface area contributed by atoms with E-state index < -0.39 is 0 Å². The lowest BCUT2D eigenvalue weighted by atomic mass is 10.0. The van der Waals surface area contributed by atoms with Crippen LogP contribution in [0.15, 0.2) is 47.6 Å². The Labute approximate surface area is 184 Å². The molecule has 2 aromatic heterocycles. The summed E-state index contributed by atoms with van der Waals surface area (Å²) in [4.78, 5) is 4.64. The second kappa shape index (κ2) is 8.53. The molecular weight excluding hydrogens is 420 g/mol. The van der Waals surface area contributed by atoms with E-state index >= 15 is 0 Å². The number of aryl methyl sites for hydroxylation is 1. The summed E-state index contributed by atoms with van der Waals surface area (Å²) in [6.07, 6.45) is 0. The van der Waals surface area contributed by atoms with Gasteiger partial charge in [-0.25, -0.2) is 0 Å². The summed E-state index contributed by atoms with van der Waals surface area (Å²) < 4.78 is 13.1. The van der Waals surface area contributed by atoms with E-state index in [9.17, 15) is 0 Å². The van der Waals surface area contributed by atoms with Gasteiger partial charge in [0.25, 0.3) is 5.95 Å². The largest absolute Gasteiger partial charge is 0.493 e. The molecule has 2 aromatic carbocycles. The minimum Gasteiger partial charge on any atom is -0.493 e. The van der Waals surface area contributed by atoms with E-state index in [4.69, 9.17) is 21.1 Å². The first kappa shape index (κ1) is 20.5. The average molecular weight is 441 g/mol. The third kappa shape index (κ3) is 3.70. The van der Waals surface area contributed by atoms with Crippen molar-refractivity contribution in [2.45, 2.75) is 19.0 Å². The standard InChI is InChI=1S/C22H21ClN4O2S/c1-5-30-22-24-21(25-26-22)27-13(2)10-15-11-18(28-3)19(29-4)12-17(15)20(27)14-6-8-16(23)9-7-14/h6-12H,5H2,1-4H3. The van der Waals surface area contributed by atoms with E-state index in [1.54, 1.807) is 26.0 Å². The molecule has 4 rings (SSSR count). The van der Waals surface area contributed by atoms with Crippen molar-refractivity contribution in [3.05, 3.63) is 53.2 Å². The van der Waals surface area contributed by atoms with Crippen LogP contribution in [0.25, 0.3) is 28.0 Å². The van der Waals surface area contributed by atoms with Crippen LogP contribution in [0.4, 0.5) is 0 Å². The molecule has 154 valence electrons. The van der Waals surface area contributed by atoms with Gasteiger partial charge in [-0.15, -0.1) is 10.2 Å². The second-order valence-electron chi connectivity index (χ2n) is 6.60. The number of methoxy groups -OCH3 is 2. The monoisotopic (exact) mass is 440 g/mol. The van der Waals surface area contributed by atoms with Gasteiger partial charge in [0, 0.05) is 16.1 Å². The van der Waals surface area contributed by atoms with E-state index in [1.165, 1.54) is 0 Å². The van der Waals surface area contributed by atoms with Gasteiger partial charge < -0.3 is 9.47 Å². The van der Waals surface area contributed by atoms with Crippen molar-refractivity contribution in [2.24, 2.45) is 0 Å². The Balaban J connectivity index is 2.07. The molecular formula is C22H21ClN4O2S. The zero-order valence-electron chi connectivity index (χ0n) is 17.1. The lowest BCUT2D eigenvalue weighted by Crippen LogP contribution is -2.39. The molecule has 30 heavy (non-hydrogen) atoms. The number of ether oxygens (including phenoxy) is 2. The normalized spacial score (nSPS) is 11.1. The highest BCUT2D eigenvalue weighted by Crippen LogP contribution is 2.36. The number of thioether (sulfide) groups is 1. The van der Waals surface area contributed by atoms with E-state index in [1.807, 2.05) is 47.9 Å². The third-order valence-corrected chi connectivity index (χ3v) is 5.74. The third-order valence-electron chi connectivity index (χ3n) is 4.76. The Bertz CT molecular complexity index is 1210. The molecule has 8 heteroatoms. The van der Waals surface area contributed by atoms with Crippen LogP contribution in [0.3, 0.4) is 0 Å². The maximum atomic E-state index is 6.15. The molecule has 0 fully saturated rings. The molecule has 0 bridgehead atoms. The van der Waals surface area contributed by atoms with Crippen LogP contribution in [-0.4, -0.2) is 30.2 Å². The predicted molar refractivity (Wildman–Crippen MR) is 119 cm³/mol. The smallest absolute Gasteiger partial charge is 0.256 e. The lowest BCUT2D eigenvalue weighted by molar-refractivity contribution is -0.598. The van der Waals surface area contributed by atoms with E-state index in [-0.39, 0.29) is 0 Å². The van der Waals surface area contributed by atoms with Crippen LogP contribution in [0.5, 0.6) is 11.5 Å². The molecule has 0 aliphatic carbocycles. The molecule has 2 heterocycles. The van der Waals surface area contributed by atoms with Crippen molar-refractivity contribution in [3.8, 4) is 28.7 Å². The predicted octanol–water partition coefficient (Wildman–Crippen LogP) is 4.62. The number of nitrogens with zero attached hydrogens (tertiary/aromatic N) is 4. The molecule has 0 unspecified atom stereocenters. The summed E-state index contributed by atoms with van der Waals surface area (Å²) in [7, 11) is 3.27. The number of benzene rings is 2. The van der Waals surface area contributed by atoms with E-state index in [0.29, 0.717) is 27.6 Å². The number of pyridine rings is 1. The summed E-state index contributed by atoms with van der Waals surface area (Å²) in [5.74, 6) is 2.75. The van der Waals surface area contributed by atoms with E-state index in [0.717, 1.165) is 33.5 Å². The van der Waals surface area contributed by atoms with Crippen molar-refractivity contribution < 1.29 is 14.0 Å². The number of aromatic nitrogens is 4. The number of halogens is 1. The van der Waals surface area contributed by atoms with Gasteiger partial charge in [-0.3, -0.25) is 4.57 Å². The van der Waals surface area contributed by atoms with Crippen LogP contribution in [0.1, 0.15) is 12.6 Å². The molecule has 0 amide bonds. The lowest BCUT2D eigenvalue weighted by Gasteiger charge is -2.19. The quantitative estimate of drug-likeness (QED) is 0.322. The van der Waals surface area contributed by atoms with Crippen molar-refractivity contribution in [2.75, 3.05) is 20.0 Å². The summed E-state index contributed by atoms with van der Waals surface area (Å²) in [6.45, 7) is 4.09. The van der Waals surface area contributed by atoms with Gasteiger partial charge in [-0.1, -0.05) is 42.4 Å². The molecule has 0 aliphatic rings. The molecule has 6 nitrogen and oxygen atoms in total. The van der Waals surface area contributed by atoms with Crippen LogP contribution in [-0.2, 0) is 0 Å². The van der Waals surface area contributed by atoms with Gasteiger partial charge in [0.1, 0.15) is 0 Å². The molecule has 0 radical (unpaired) electrons. The van der Waals surface area contributed by atoms with Crippen molar-refractivity contribution in [1.29, 1.82) is 0 Å². The fraction of sp³-hybridized carbons (Fsp3) is 0.227. The topological polar surface area (TPSA) is 62.2 Å². The molecule has 0 spiro atoms. The van der Waals surface area contributed by atoms with E-state index in [2.05, 4.69) is 28.2 Å². The highest BCUT2D eigenvalue weighted by molar-refractivity contribution is 7.99. The number of fused-ring (bicyclic) bond motifs is 1. The highest BCUT2D eigenvalue weighted by atomic mass is 35.5. The zero-order valence-corrected chi connectivity index (χ0v) is 18.7. The summed E-state index contributed by atoms with van der Waals surface area (Å²) in [6, 6.07) is 13.8. The Morgan fingerprint density at radius 3 is 2.40 bits per heavy atom. The fourth-order valence-corrected chi connectivity index (χ4v) is 4.09. The van der Waals surface area contributed by atoms with Crippen molar-refractivity contribution in [1.82, 2.24) is 15.2 Å². The molecule has 0 aliphatic heterocycles. The minimum atomic E-state index is 0.532. The van der Waals surface area contributed by atoms with Crippen molar-refractivity contribution >= 4 is 34.1 Å². The minimum absolute atomic E-state index is 0.532. The Hall–Kier alpha value is -2.77. The van der Waals surface area contributed by atoms with Crippen molar-refractivity contribution in [3.63, 3.8) is 0 Å². The molecule has 0 saturated heterocycles. The Morgan fingerprint density at radius 1 is 1.03 bits per heavy atom. The van der Waals surface area contributed by atoms with Gasteiger partial charge in [0.05, 0.1) is 19.9 Å². The highest BCUT2D eigenvalue weighted by Gasteiger charge is 2.19. The maximum Gasteiger partial charge on any atom is 0.256 e. The molecule has 0 N–H and O–H groups in total. The SMILES string of the molecule is CCSc1nnc(-[n+]2c(C)cc3cc(OC)c(OC)cc3c2-c2ccc(Cl)cc2)[n-]1. The molecule has 0 atom stereocenters. The fourth-order valence-electron chi connectivity index (χ4n) is 3.46. The first-order chi connectivity index (χ1) is 14.5. The van der Waals surface area contributed by atoms with Crippen LogP contribution in [0.2, 0.25) is 5.02 Å². The first-order valence-electron chi connectivity index (χ1n) is 9.43. The number of hydrogen-bond donors (Lipinski definition) is 0. The number of hydrogen-bond acceptors (Lipinski definition) is 5. The van der Waals surface area contributed by atoms with Gasteiger partial charge in [-0.05, 0) is 54.0 Å². The van der Waals surface area contributed by atoms with Crippen LogP contribution >= 0.6 is 23.4 Å². The van der Waals surface area contributed by atoms with Gasteiger partial charge >= 0.3 is 0 Å². The summed E-state index contributed by atoms with van der Waals surface area (Å²) in [5, 5.41) is 11.9. The number of rotatable bonds is 6. The van der Waals surface area contributed by atoms with Gasteiger partial charge in [0.2, 0.25) is 5.16 Å². The van der Waals surface area contributed by atoms with Gasteiger partial charge in [-0.2, -0.15) is 4.98 Å². The second-order valence-corrected chi connectivity index (χ2v) is 8.27. The zero-order chi connectivity index (χ0) is 21.3. The first-order valence-corrected chi connectivity index (χ1v) is 10.8. The van der Waals surface area contributed by atoms with Crippen LogP contribution in [0, 0.1) is 6.92 Å². The molecule has 4 aromatic rings.